The number of para-hydroxylation sites is 1. The summed E-state index contributed by atoms with van der Waals surface area (Å²) >= 11 is 1.48. The van der Waals surface area contributed by atoms with Crippen LogP contribution in [-0.4, -0.2) is 31.2 Å². The van der Waals surface area contributed by atoms with Crippen LogP contribution >= 0.6 is 11.3 Å². The highest BCUT2D eigenvalue weighted by Gasteiger charge is 2.19. The van der Waals surface area contributed by atoms with E-state index in [0.717, 1.165) is 15.8 Å². The molecule has 124 valence electrons. The monoisotopic (exact) mass is 344 g/mol. The van der Waals surface area contributed by atoms with Crippen LogP contribution in [0.2, 0.25) is 0 Å². The Kier molecular flexibility index (Phi) is 5.17. The number of fused-ring (bicyclic) bond motifs is 1. The lowest BCUT2D eigenvalue weighted by Crippen LogP contribution is -2.35. The van der Waals surface area contributed by atoms with Crippen LogP contribution in [0, 0.1) is 5.82 Å². The third kappa shape index (κ3) is 3.77. The van der Waals surface area contributed by atoms with Crippen molar-refractivity contribution in [3.05, 3.63) is 59.9 Å². The molecule has 3 rings (SSSR count). The van der Waals surface area contributed by atoms with Gasteiger partial charge in [-0.15, -0.1) is 0 Å². The molecule has 1 amide bonds. The summed E-state index contributed by atoms with van der Waals surface area (Å²) in [4.78, 5) is 18.9. The summed E-state index contributed by atoms with van der Waals surface area (Å²) in [7, 11) is 1.60. The molecule has 0 saturated heterocycles. The molecule has 1 aromatic heterocycles. The minimum Gasteiger partial charge on any atom is -0.383 e. The number of ether oxygens (including phenoxy) is 1. The van der Waals surface area contributed by atoms with Crippen molar-refractivity contribution in [3.63, 3.8) is 0 Å². The number of thiazole rings is 1. The predicted octanol–water partition coefficient (Wildman–Crippen LogP) is 3.66. The van der Waals surface area contributed by atoms with E-state index in [1.165, 1.54) is 23.5 Å². The van der Waals surface area contributed by atoms with Crippen LogP contribution < -0.4 is 4.90 Å². The lowest BCUT2D eigenvalue weighted by molar-refractivity contribution is -0.118. The summed E-state index contributed by atoms with van der Waals surface area (Å²) in [5.74, 6) is -0.397. The van der Waals surface area contributed by atoms with Crippen LogP contribution in [0.5, 0.6) is 0 Å². The number of amides is 1. The van der Waals surface area contributed by atoms with Gasteiger partial charge in [-0.25, -0.2) is 9.37 Å². The summed E-state index contributed by atoms with van der Waals surface area (Å²) in [6.45, 7) is 0.849. The summed E-state index contributed by atoms with van der Waals surface area (Å²) in [5.41, 5.74) is 1.64. The quantitative estimate of drug-likeness (QED) is 0.685. The summed E-state index contributed by atoms with van der Waals surface area (Å²) < 4.78 is 19.2. The number of carbonyl (C=O) groups is 1. The van der Waals surface area contributed by atoms with Crippen LogP contribution in [0.3, 0.4) is 0 Å². The molecular weight excluding hydrogens is 327 g/mol. The molecule has 0 radical (unpaired) electrons. The Labute approximate surface area is 143 Å². The number of nitrogens with zero attached hydrogens (tertiary/aromatic N) is 2. The van der Waals surface area contributed by atoms with Crippen molar-refractivity contribution in [1.29, 1.82) is 0 Å². The second-order valence-electron chi connectivity index (χ2n) is 5.31. The molecule has 0 N–H and O–H groups in total. The molecule has 0 saturated carbocycles. The largest absolute Gasteiger partial charge is 0.383 e. The fourth-order valence-corrected chi connectivity index (χ4v) is 3.37. The zero-order chi connectivity index (χ0) is 16.9. The first kappa shape index (κ1) is 16.5. The van der Waals surface area contributed by atoms with E-state index < -0.39 is 0 Å². The third-order valence-corrected chi connectivity index (χ3v) is 4.66. The smallest absolute Gasteiger partial charge is 0.233 e. The van der Waals surface area contributed by atoms with Crippen LogP contribution in [0.4, 0.5) is 9.52 Å². The highest BCUT2D eigenvalue weighted by atomic mass is 32.1. The lowest BCUT2D eigenvalue weighted by Gasteiger charge is -2.19. The van der Waals surface area contributed by atoms with Crippen molar-refractivity contribution in [2.45, 2.75) is 6.42 Å². The van der Waals surface area contributed by atoms with Crippen LogP contribution in [0.25, 0.3) is 10.2 Å². The van der Waals surface area contributed by atoms with Gasteiger partial charge in [0.2, 0.25) is 5.91 Å². The van der Waals surface area contributed by atoms with E-state index in [2.05, 4.69) is 4.98 Å². The number of rotatable bonds is 6. The molecule has 0 aliphatic carbocycles. The number of halogens is 1. The number of carbonyl (C=O) groups excluding carboxylic acids is 1. The van der Waals surface area contributed by atoms with Crippen molar-refractivity contribution in [3.8, 4) is 0 Å². The van der Waals surface area contributed by atoms with Crippen LogP contribution in [-0.2, 0) is 16.0 Å². The Balaban J connectivity index is 1.84. The fraction of sp³-hybridized carbons (Fsp3) is 0.222. The molecular formula is C18H17FN2O2S. The van der Waals surface area contributed by atoms with Gasteiger partial charge in [0.15, 0.2) is 5.13 Å². The number of anilines is 1. The van der Waals surface area contributed by atoms with E-state index in [1.54, 1.807) is 24.1 Å². The molecule has 3 aromatic rings. The Morgan fingerprint density at radius 3 is 2.67 bits per heavy atom. The highest BCUT2D eigenvalue weighted by Crippen LogP contribution is 2.29. The topological polar surface area (TPSA) is 42.4 Å². The molecule has 6 heteroatoms. The molecule has 0 atom stereocenters. The van der Waals surface area contributed by atoms with Gasteiger partial charge in [0.25, 0.3) is 0 Å². The van der Waals surface area contributed by atoms with Crippen molar-refractivity contribution in [2.75, 3.05) is 25.2 Å². The first-order valence-electron chi connectivity index (χ1n) is 7.56. The number of hydrogen-bond donors (Lipinski definition) is 0. The summed E-state index contributed by atoms with van der Waals surface area (Å²) in [6, 6.07) is 13.7. The van der Waals surface area contributed by atoms with Gasteiger partial charge in [-0.3, -0.25) is 9.69 Å². The Morgan fingerprint density at radius 2 is 1.96 bits per heavy atom. The Bertz CT molecular complexity index is 799. The van der Waals surface area contributed by atoms with Crippen LogP contribution in [0.15, 0.2) is 48.5 Å². The molecule has 0 bridgehead atoms. The van der Waals surface area contributed by atoms with E-state index in [-0.39, 0.29) is 18.1 Å². The van der Waals surface area contributed by atoms with Gasteiger partial charge < -0.3 is 4.74 Å². The Morgan fingerprint density at radius 1 is 1.21 bits per heavy atom. The predicted molar refractivity (Wildman–Crippen MR) is 94.0 cm³/mol. The van der Waals surface area contributed by atoms with E-state index in [4.69, 9.17) is 4.74 Å². The van der Waals surface area contributed by atoms with E-state index >= 15 is 0 Å². The molecule has 24 heavy (non-hydrogen) atoms. The minimum atomic E-state index is -0.311. The molecule has 1 heterocycles. The summed E-state index contributed by atoms with van der Waals surface area (Å²) in [6.07, 6.45) is 0.194. The number of aromatic nitrogens is 1. The van der Waals surface area contributed by atoms with Gasteiger partial charge in [0.05, 0.1) is 29.8 Å². The van der Waals surface area contributed by atoms with Gasteiger partial charge in [-0.2, -0.15) is 0 Å². The fourth-order valence-electron chi connectivity index (χ4n) is 2.36. The van der Waals surface area contributed by atoms with Gasteiger partial charge in [-0.05, 0) is 29.8 Å². The standard InChI is InChI=1S/C18H17FN2O2S/c1-23-11-10-21(17(22)12-13-6-8-14(19)9-7-13)18-20-15-4-2-3-5-16(15)24-18/h2-9H,10-12H2,1H3. The second-order valence-corrected chi connectivity index (χ2v) is 6.31. The van der Waals surface area contributed by atoms with E-state index in [1.807, 2.05) is 24.3 Å². The first-order chi connectivity index (χ1) is 11.7. The van der Waals surface area contributed by atoms with E-state index in [9.17, 15) is 9.18 Å². The van der Waals surface area contributed by atoms with Crippen molar-refractivity contribution in [2.24, 2.45) is 0 Å². The van der Waals surface area contributed by atoms with Gasteiger partial charge in [0.1, 0.15) is 5.82 Å². The number of hydrogen-bond acceptors (Lipinski definition) is 4. The van der Waals surface area contributed by atoms with Gasteiger partial charge in [-0.1, -0.05) is 35.6 Å². The number of benzene rings is 2. The molecule has 0 unspecified atom stereocenters. The average molecular weight is 344 g/mol. The third-order valence-electron chi connectivity index (χ3n) is 3.60. The van der Waals surface area contributed by atoms with Gasteiger partial charge >= 0.3 is 0 Å². The minimum absolute atomic E-state index is 0.0854. The molecule has 0 fully saturated rings. The maximum absolute atomic E-state index is 13.0. The zero-order valence-corrected chi connectivity index (χ0v) is 14.1. The second kappa shape index (κ2) is 7.51. The van der Waals surface area contributed by atoms with Crippen molar-refractivity contribution >= 4 is 32.6 Å². The average Bonchev–Trinajstić information content (AvgIpc) is 3.01. The van der Waals surface area contributed by atoms with Gasteiger partial charge in [0, 0.05) is 7.11 Å². The molecule has 2 aromatic carbocycles. The zero-order valence-electron chi connectivity index (χ0n) is 13.2. The van der Waals surface area contributed by atoms with E-state index in [0.29, 0.717) is 18.3 Å². The summed E-state index contributed by atoms with van der Waals surface area (Å²) in [5, 5.41) is 0.653. The molecule has 0 aliphatic heterocycles. The highest BCUT2D eigenvalue weighted by molar-refractivity contribution is 7.22. The van der Waals surface area contributed by atoms with Crippen LogP contribution in [0.1, 0.15) is 5.56 Å². The van der Waals surface area contributed by atoms with Crippen molar-refractivity contribution < 1.29 is 13.9 Å². The molecule has 0 spiro atoms. The maximum Gasteiger partial charge on any atom is 0.233 e. The Hall–Kier alpha value is -2.31. The molecule has 0 aliphatic rings. The number of methoxy groups -OCH3 is 1. The van der Waals surface area contributed by atoms with Crippen molar-refractivity contribution in [1.82, 2.24) is 4.98 Å². The SMILES string of the molecule is COCCN(C(=O)Cc1ccc(F)cc1)c1nc2ccccc2s1. The first-order valence-corrected chi connectivity index (χ1v) is 8.38. The lowest BCUT2D eigenvalue weighted by atomic mass is 10.1. The molecule has 4 nitrogen and oxygen atoms in total. The maximum atomic E-state index is 13.0. The normalized spacial score (nSPS) is 10.9.